The van der Waals surface area contributed by atoms with Crippen LogP contribution in [0.5, 0.6) is 0 Å². The van der Waals surface area contributed by atoms with Gasteiger partial charge in [-0.3, -0.25) is 4.70 Å². The summed E-state index contributed by atoms with van der Waals surface area (Å²) in [4.78, 5) is 0. The van der Waals surface area contributed by atoms with Gasteiger partial charge in [-0.1, -0.05) is 0 Å². The van der Waals surface area contributed by atoms with Crippen LogP contribution in [0.1, 0.15) is 1.43 Å². The molecule has 0 heterocycles. The molecule has 0 aromatic carbocycles. The van der Waals surface area contributed by atoms with E-state index < -0.39 is 0 Å². The topological polar surface area (TPSA) is 31.5 Å². The Kier molecular flexibility index (Phi) is 177. The van der Waals surface area contributed by atoms with E-state index in [0.29, 0.717) is 0 Å². The van der Waals surface area contributed by atoms with Crippen molar-refractivity contribution < 1.29 is 76.8 Å². The van der Waals surface area contributed by atoms with E-state index in [4.69, 9.17) is 0 Å². The van der Waals surface area contributed by atoms with E-state index in [0.717, 1.165) is 0 Å². The first-order valence-electron chi connectivity index (χ1n) is 0. The Hall–Kier alpha value is 2.08. The van der Waals surface area contributed by atoms with Gasteiger partial charge in [-0.05, 0) is 0 Å². The van der Waals surface area contributed by atoms with E-state index >= 15 is 0 Å². The van der Waals surface area contributed by atoms with Gasteiger partial charge in [0.25, 0.3) is 0 Å². The number of hydrogen-bond donors (Lipinski definition) is 0. The van der Waals surface area contributed by atoms with Crippen molar-refractivity contribution in [3.63, 3.8) is 0 Å². The molecular weight excluding hydrogens is 197 g/mol. The summed E-state index contributed by atoms with van der Waals surface area (Å²) in [6.45, 7) is 0. The van der Waals surface area contributed by atoms with Gasteiger partial charge < -0.3 is 6.90 Å². The molecule has 4 heteroatoms. The van der Waals surface area contributed by atoms with Crippen molar-refractivity contribution in [3.8, 4) is 0 Å². The van der Waals surface area contributed by atoms with Crippen LogP contribution in [0.3, 0.4) is 0 Å². The molecule has 0 spiro atoms. The second-order valence-electron chi connectivity index (χ2n) is 0. The molecule has 0 amide bonds. The molecule has 0 rings (SSSR count). The molecule has 0 aromatic rings. The third-order valence-electron chi connectivity index (χ3n) is 0. The summed E-state index contributed by atoms with van der Waals surface area (Å²) >= 11 is 0. The average molecular weight is 201 g/mol. The minimum Gasteiger partial charge on any atom is -1.00 e. The Bertz CT molecular complexity index is 11.6. The molecule has 0 bridgehead atoms. The summed E-state index contributed by atoms with van der Waals surface area (Å²) in [6.07, 6.45) is 0. The van der Waals surface area contributed by atoms with Crippen molar-refractivity contribution in [2.45, 2.75) is 0 Å². The largest absolute Gasteiger partial charge is 1.00 e. The molecular formula is H4FLaNaO. The van der Waals surface area contributed by atoms with Gasteiger partial charge in [0.2, 0.25) is 0 Å². The zero-order chi connectivity index (χ0) is 0. The van der Waals surface area contributed by atoms with Crippen LogP contribution in [0, 0.1) is 35.6 Å². The van der Waals surface area contributed by atoms with Gasteiger partial charge in [-0.2, -0.15) is 0 Å². The molecule has 4 heavy (non-hydrogen) atoms. The first kappa shape index (κ1) is 36.2. The number of halogens is 1. The van der Waals surface area contributed by atoms with E-state index in [1.165, 1.54) is 0 Å². The maximum atomic E-state index is 0. The first-order valence-corrected chi connectivity index (χ1v) is 0. The molecule has 0 aliphatic heterocycles. The Balaban J connectivity index is 0. The molecule has 1 nitrogen and oxygen atoms in total. The summed E-state index contributed by atoms with van der Waals surface area (Å²) < 4.78 is 0. The van der Waals surface area contributed by atoms with Gasteiger partial charge in [0.1, 0.15) is 0 Å². The Labute approximate surface area is 75.6 Å². The Morgan fingerprint density at radius 2 is 1.25 bits per heavy atom. The van der Waals surface area contributed by atoms with Gasteiger partial charge in [0.05, 0.1) is 0 Å². The molecule has 2 N–H and O–H groups in total. The van der Waals surface area contributed by atoms with Crippen LogP contribution in [0.25, 0.3) is 0 Å². The van der Waals surface area contributed by atoms with Crippen LogP contribution >= 0.6 is 0 Å². The number of rotatable bonds is 0. The van der Waals surface area contributed by atoms with Gasteiger partial charge in [0, 0.05) is 35.6 Å². The fourth-order valence-electron chi connectivity index (χ4n) is 0. The fourth-order valence-corrected chi connectivity index (χ4v) is 0. The molecule has 0 unspecified atom stereocenters. The normalized spacial score (nSPS) is 0. The Morgan fingerprint density at radius 3 is 1.25 bits per heavy atom. The predicted octanol–water partition coefficient (Wildman–Crippen LogP) is -3.56. The van der Waals surface area contributed by atoms with Gasteiger partial charge in [-0.25, -0.2) is 0 Å². The van der Waals surface area contributed by atoms with Crippen LogP contribution < -0.4 is 29.6 Å². The first-order chi connectivity index (χ1) is 0. The zero-order valence-electron chi connectivity index (χ0n) is 3.49. The monoisotopic (exact) mass is 201 g/mol. The van der Waals surface area contributed by atoms with E-state index in [1.54, 1.807) is 0 Å². The van der Waals surface area contributed by atoms with Crippen LogP contribution in [0.4, 0.5) is 4.70 Å². The maximum absolute atomic E-state index is 0. The van der Waals surface area contributed by atoms with Crippen molar-refractivity contribution in [2.24, 2.45) is 0 Å². The van der Waals surface area contributed by atoms with E-state index in [2.05, 4.69) is 0 Å². The average Bonchev–Trinajstić information content (AvgIpc) is 0. The van der Waals surface area contributed by atoms with Crippen LogP contribution in [0.15, 0.2) is 0 Å². The smallest absolute Gasteiger partial charge is 1.00 e. The van der Waals surface area contributed by atoms with Gasteiger partial charge in [0.15, 0.2) is 0 Å². The third kappa shape index (κ3) is 8.94. The fraction of sp³-hybridized carbons (Fsp3) is 0. The zero-order valence-corrected chi connectivity index (χ0v) is 8.11. The van der Waals surface area contributed by atoms with Crippen molar-refractivity contribution >= 4 is 0 Å². The predicted molar refractivity (Wildman–Crippen MR) is 7.23 cm³/mol. The summed E-state index contributed by atoms with van der Waals surface area (Å²) in [6, 6.07) is 0. The molecule has 1 radical (unpaired) electrons. The molecule has 0 aromatic heterocycles. The molecule has 0 saturated heterocycles. The summed E-state index contributed by atoms with van der Waals surface area (Å²) in [7, 11) is 0. The van der Waals surface area contributed by atoms with Gasteiger partial charge >= 0.3 is 29.6 Å². The SMILES string of the molecule is F.O.[H-].[La].[Na+]. The van der Waals surface area contributed by atoms with Crippen molar-refractivity contribution in [1.82, 2.24) is 0 Å². The maximum Gasteiger partial charge on any atom is 1.00 e. The summed E-state index contributed by atoms with van der Waals surface area (Å²) in [5, 5.41) is 0. The molecule has 0 aliphatic rings. The molecule has 0 atom stereocenters. The van der Waals surface area contributed by atoms with Crippen LogP contribution in [-0.4, -0.2) is 5.48 Å². The minimum atomic E-state index is 0. The third-order valence-corrected chi connectivity index (χ3v) is 0. The van der Waals surface area contributed by atoms with E-state index in [1.807, 2.05) is 0 Å². The molecule has 0 aliphatic carbocycles. The quantitative estimate of drug-likeness (QED) is 0.363. The van der Waals surface area contributed by atoms with E-state index in [-0.39, 0.29) is 76.8 Å². The standard InChI is InChI=1S/FH.La.Na.H2O.H/h1H;;;1H2;/q;;+1;;-1. The Morgan fingerprint density at radius 1 is 1.25 bits per heavy atom. The number of hydrogen-bond acceptors (Lipinski definition) is 0. The van der Waals surface area contributed by atoms with Crippen molar-refractivity contribution in [2.75, 3.05) is 0 Å². The molecule has 0 saturated carbocycles. The second kappa shape index (κ2) is 19.5. The van der Waals surface area contributed by atoms with Crippen molar-refractivity contribution in [1.29, 1.82) is 0 Å². The van der Waals surface area contributed by atoms with Crippen LogP contribution in [-0.2, 0) is 0 Å². The van der Waals surface area contributed by atoms with Gasteiger partial charge in [-0.15, -0.1) is 0 Å². The van der Waals surface area contributed by atoms with E-state index in [9.17, 15) is 0 Å². The molecule has 21 valence electrons. The minimum absolute atomic E-state index is 0. The summed E-state index contributed by atoms with van der Waals surface area (Å²) in [5.74, 6) is 0. The molecule has 0 fully saturated rings. The second-order valence-corrected chi connectivity index (χ2v) is 0. The van der Waals surface area contributed by atoms with Crippen molar-refractivity contribution in [3.05, 3.63) is 0 Å². The van der Waals surface area contributed by atoms with Crippen LogP contribution in [0.2, 0.25) is 0 Å². The summed E-state index contributed by atoms with van der Waals surface area (Å²) in [5.41, 5.74) is 0.